The van der Waals surface area contributed by atoms with Crippen molar-refractivity contribution in [3.8, 4) is 0 Å². The summed E-state index contributed by atoms with van der Waals surface area (Å²) in [7, 11) is -0.103. The number of carbonyl (C=O) groups is 2. The number of rotatable bonds is 5. The Bertz CT molecular complexity index is 987. The number of aliphatic imine (C=N–C) groups is 1. The van der Waals surface area contributed by atoms with Crippen LogP contribution in [0.15, 0.2) is 46.5 Å². The summed E-state index contributed by atoms with van der Waals surface area (Å²) in [6.45, 7) is 11.9. The summed E-state index contributed by atoms with van der Waals surface area (Å²) in [5.41, 5.74) is 2.46. The van der Waals surface area contributed by atoms with Gasteiger partial charge in [0.25, 0.3) is 5.91 Å². The molecule has 7 heteroatoms. The van der Waals surface area contributed by atoms with Gasteiger partial charge in [-0.1, -0.05) is 56.4 Å². The van der Waals surface area contributed by atoms with E-state index >= 15 is 0 Å². The molecular formula is C25H35N3O3Si. The van der Waals surface area contributed by atoms with E-state index in [1.54, 1.807) is 7.11 Å². The lowest BCUT2D eigenvalue weighted by Gasteiger charge is -2.49. The van der Waals surface area contributed by atoms with E-state index in [1.807, 2.05) is 35.2 Å². The van der Waals surface area contributed by atoms with Gasteiger partial charge in [-0.2, -0.15) is 0 Å². The molecular weight excluding hydrogens is 418 g/mol. The minimum Gasteiger partial charge on any atom is -0.367 e. The van der Waals surface area contributed by atoms with Crippen LogP contribution in [0.4, 0.5) is 0 Å². The lowest BCUT2D eigenvalue weighted by molar-refractivity contribution is -0.145. The molecule has 0 spiro atoms. The fourth-order valence-corrected chi connectivity index (χ4v) is 8.03. The molecule has 2 heterocycles. The van der Waals surface area contributed by atoms with Gasteiger partial charge in [0.1, 0.15) is 5.84 Å². The van der Waals surface area contributed by atoms with Gasteiger partial charge in [0, 0.05) is 17.7 Å². The second kappa shape index (κ2) is 7.95. The van der Waals surface area contributed by atoms with Crippen molar-refractivity contribution in [2.75, 3.05) is 20.2 Å². The van der Waals surface area contributed by atoms with Crippen molar-refractivity contribution in [1.82, 2.24) is 10.2 Å². The molecule has 172 valence electrons. The third-order valence-electron chi connectivity index (χ3n) is 7.91. The number of benzene rings is 1. The predicted octanol–water partition coefficient (Wildman–Crippen LogP) is 4.08. The SMILES string of the molecule is CO[C@H](C(=O)N1CC2=C(CN=C2NC(=O)C2([Si](C)(C)C)CCC2)C1(C)C)c1ccccc1. The van der Waals surface area contributed by atoms with E-state index in [-0.39, 0.29) is 16.9 Å². The van der Waals surface area contributed by atoms with Crippen LogP contribution in [0.2, 0.25) is 24.7 Å². The molecule has 3 aliphatic rings. The molecule has 2 aliphatic heterocycles. The first-order valence-corrected chi connectivity index (χ1v) is 15.0. The van der Waals surface area contributed by atoms with E-state index in [2.05, 4.69) is 43.8 Å². The maximum atomic E-state index is 13.6. The third kappa shape index (κ3) is 3.46. The van der Waals surface area contributed by atoms with Crippen molar-refractivity contribution in [3.63, 3.8) is 0 Å². The lowest BCUT2D eigenvalue weighted by atomic mass is 9.83. The lowest BCUT2D eigenvalue weighted by Crippen LogP contribution is -2.55. The van der Waals surface area contributed by atoms with Crippen LogP contribution in [0.5, 0.6) is 0 Å². The van der Waals surface area contributed by atoms with Crippen LogP contribution in [-0.2, 0) is 14.3 Å². The highest BCUT2D eigenvalue weighted by atomic mass is 28.3. The van der Waals surface area contributed by atoms with E-state index in [4.69, 9.17) is 4.74 Å². The zero-order valence-corrected chi connectivity index (χ0v) is 21.1. The third-order valence-corrected chi connectivity index (χ3v) is 11.5. The largest absolute Gasteiger partial charge is 0.367 e. The highest BCUT2D eigenvalue weighted by Gasteiger charge is 2.54. The fraction of sp³-hybridized carbons (Fsp3) is 0.560. The maximum Gasteiger partial charge on any atom is 0.257 e. The molecule has 1 aliphatic carbocycles. The number of carbonyl (C=O) groups excluding carboxylic acids is 2. The molecule has 1 N–H and O–H groups in total. The molecule has 0 unspecified atom stereocenters. The summed E-state index contributed by atoms with van der Waals surface area (Å²) in [5.74, 6) is 0.713. The number of amides is 2. The van der Waals surface area contributed by atoms with Gasteiger partial charge in [0.05, 0.1) is 26.7 Å². The van der Waals surface area contributed by atoms with Gasteiger partial charge in [-0.15, -0.1) is 0 Å². The zero-order chi connectivity index (χ0) is 23.3. The van der Waals surface area contributed by atoms with Gasteiger partial charge in [-0.05, 0) is 37.8 Å². The predicted molar refractivity (Wildman–Crippen MR) is 129 cm³/mol. The number of hydrogen-bond acceptors (Lipinski definition) is 4. The first kappa shape index (κ1) is 22.9. The molecule has 2 amide bonds. The zero-order valence-electron chi connectivity index (χ0n) is 20.1. The Balaban J connectivity index is 1.54. The molecule has 1 aromatic carbocycles. The summed E-state index contributed by atoms with van der Waals surface area (Å²) in [6.07, 6.45) is 2.40. The quantitative estimate of drug-likeness (QED) is 0.683. The second-order valence-corrected chi connectivity index (χ2v) is 16.2. The number of amidine groups is 1. The van der Waals surface area contributed by atoms with Gasteiger partial charge in [0.15, 0.2) is 6.10 Å². The van der Waals surface area contributed by atoms with Crippen LogP contribution in [-0.4, -0.2) is 56.4 Å². The average molecular weight is 454 g/mol. The number of hydrogen-bond donors (Lipinski definition) is 1. The van der Waals surface area contributed by atoms with Crippen molar-refractivity contribution in [1.29, 1.82) is 0 Å². The number of ether oxygens (including phenoxy) is 1. The molecule has 0 aromatic heterocycles. The molecule has 32 heavy (non-hydrogen) atoms. The summed E-state index contributed by atoms with van der Waals surface area (Å²) in [4.78, 5) is 33.5. The van der Waals surface area contributed by atoms with Crippen molar-refractivity contribution in [3.05, 3.63) is 47.0 Å². The van der Waals surface area contributed by atoms with E-state index in [9.17, 15) is 9.59 Å². The summed E-state index contributed by atoms with van der Waals surface area (Å²) < 4.78 is 5.62. The molecule has 1 atom stereocenters. The monoisotopic (exact) mass is 453 g/mol. The first-order chi connectivity index (χ1) is 15.0. The van der Waals surface area contributed by atoms with Crippen LogP contribution in [0, 0.1) is 0 Å². The average Bonchev–Trinajstić information content (AvgIpc) is 3.19. The topological polar surface area (TPSA) is 71.0 Å². The van der Waals surface area contributed by atoms with E-state index in [0.29, 0.717) is 18.9 Å². The summed E-state index contributed by atoms with van der Waals surface area (Å²) in [5, 5.41) is 2.98. The van der Waals surface area contributed by atoms with Gasteiger partial charge in [-0.25, -0.2) is 0 Å². The molecule has 1 fully saturated rings. The highest BCUT2D eigenvalue weighted by molar-refractivity contribution is 6.82. The Kier molecular flexibility index (Phi) is 5.70. The van der Waals surface area contributed by atoms with Gasteiger partial charge < -0.3 is 15.0 Å². The van der Waals surface area contributed by atoms with Gasteiger partial charge >= 0.3 is 0 Å². The Morgan fingerprint density at radius 3 is 2.34 bits per heavy atom. The minimum absolute atomic E-state index is 0.0682. The standard InChI is InChI=1S/C25H35N3O3Si/c1-24(2)19-15-26-21(27-23(30)25(13-10-14-25)32(4,5)6)18(19)16-28(24)22(29)20(31-3)17-11-8-7-9-12-17/h7-9,11-12,20H,10,13-16H2,1-6H3,(H,26,27,30)/t20-/m0/s1. The second-order valence-electron chi connectivity index (χ2n) is 10.8. The number of nitrogens with one attached hydrogen (secondary N) is 1. The minimum atomic E-state index is -1.67. The van der Waals surface area contributed by atoms with Gasteiger partial charge in [-0.3, -0.25) is 14.6 Å². The Hall–Kier alpha value is -2.25. The molecule has 0 bridgehead atoms. The van der Waals surface area contributed by atoms with Crippen LogP contribution in [0.3, 0.4) is 0 Å². The van der Waals surface area contributed by atoms with Crippen molar-refractivity contribution in [2.45, 2.75) is 69.4 Å². The molecule has 1 saturated carbocycles. The summed E-state index contributed by atoms with van der Waals surface area (Å²) in [6, 6.07) is 9.58. The van der Waals surface area contributed by atoms with Crippen LogP contribution >= 0.6 is 0 Å². The first-order valence-electron chi connectivity index (χ1n) is 11.5. The fourth-order valence-electron chi connectivity index (χ4n) is 5.44. The smallest absolute Gasteiger partial charge is 0.257 e. The van der Waals surface area contributed by atoms with Crippen molar-refractivity contribution >= 4 is 25.7 Å². The molecule has 0 radical (unpaired) electrons. The normalized spacial score (nSPS) is 22.2. The number of nitrogens with zero attached hydrogens (tertiary/aromatic N) is 2. The van der Waals surface area contributed by atoms with Crippen LogP contribution in [0.25, 0.3) is 0 Å². The molecule has 4 rings (SSSR count). The van der Waals surface area contributed by atoms with Gasteiger partial charge in [0.2, 0.25) is 5.91 Å². The Labute approximate surface area is 192 Å². The van der Waals surface area contributed by atoms with E-state index < -0.39 is 19.7 Å². The number of methoxy groups -OCH3 is 1. The molecule has 0 saturated heterocycles. The molecule has 6 nitrogen and oxygen atoms in total. The Morgan fingerprint density at radius 1 is 1.16 bits per heavy atom. The van der Waals surface area contributed by atoms with Crippen molar-refractivity contribution in [2.24, 2.45) is 4.99 Å². The van der Waals surface area contributed by atoms with Crippen LogP contribution in [0.1, 0.15) is 44.8 Å². The van der Waals surface area contributed by atoms with Crippen LogP contribution < -0.4 is 5.32 Å². The highest BCUT2D eigenvalue weighted by Crippen LogP contribution is 2.55. The Morgan fingerprint density at radius 2 is 1.81 bits per heavy atom. The van der Waals surface area contributed by atoms with E-state index in [1.165, 1.54) is 0 Å². The maximum absolute atomic E-state index is 13.6. The van der Waals surface area contributed by atoms with E-state index in [0.717, 1.165) is 36.0 Å². The molecule has 1 aromatic rings. The van der Waals surface area contributed by atoms with Crippen molar-refractivity contribution < 1.29 is 14.3 Å². The summed E-state index contributed by atoms with van der Waals surface area (Å²) >= 11 is 0.